The Morgan fingerprint density at radius 1 is 1.41 bits per heavy atom. The molecule has 1 N–H and O–H groups in total. The maximum absolute atomic E-state index is 10.8. The lowest BCUT2D eigenvalue weighted by molar-refractivity contribution is -0.138. The van der Waals surface area contributed by atoms with Crippen molar-refractivity contribution in [3.8, 4) is 0 Å². The van der Waals surface area contributed by atoms with Gasteiger partial charge in [0, 0.05) is 17.6 Å². The van der Waals surface area contributed by atoms with Crippen LogP contribution in [0.15, 0.2) is 18.2 Å². The average molecular weight is 325 g/mol. The minimum atomic E-state index is -0.756. The van der Waals surface area contributed by atoms with Crippen molar-refractivity contribution in [2.45, 2.75) is 38.8 Å². The van der Waals surface area contributed by atoms with Crippen LogP contribution in [0.25, 0.3) is 0 Å². The molecule has 1 fully saturated rings. The zero-order chi connectivity index (χ0) is 16.1. The molecule has 1 aliphatic rings. The third-order valence-corrected chi connectivity index (χ3v) is 4.90. The number of likely N-dealkylation sites (N-methyl/N-ethyl adjacent to an activating group) is 1. The van der Waals surface area contributed by atoms with Crippen LogP contribution in [-0.2, 0) is 17.8 Å². The molecule has 0 bridgehead atoms. The van der Waals surface area contributed by atoms with Gasteiger partial charge in [0.15, 0.2) is 0 Å². The summed E-state index contributed by atoms with van der Waals surface area (Å²) in [6, 6.07) is 6.49. The number of aryl methyl sites for hydroxylation is 1. The molecule has 0 aromatic heterocycles. The summed E-state index contributed by atoms with van der Waals surface area (Å²) in [7, 11) is 1.90. The van der Waals surface area contributed by atoms with Crippen molar-refractivity contribution in [3.05, 3.63) is 34.3 Å². The number of likely N-dealkylation sites (tertiary alicyclic amines) is 1. The van der Waals surface area contributed by atoms with Gasteiger partial charge in [0.1, 0.15) is 0 Å². The molecule has 4 nitrogen and oxygen atoms in total. The van der Waals surface area contributed by atoms with Crippen molar-refractivity contribution < 1.29 is 9.90 Å². The lowest BCUT2D eigenvalue weighted by Gasteiger charge is -2.36. The molecule has 0 aliphatic carbocycles. The Labute approximate surface area is 137 Å². The van der Waals surface area contributed by atoms with Gasteiger partial charge in [0.05, 0.1) is 6.54 Å². The van der Waals surface area contributed by atoms with Gasteiger partial charge in [-0.1, -0.05) is 30.7 Å². The summed E-state index contributed by atoms with van der Waals surface area (Å²) in [5.74, 6) is -0.756. The number of aliphatic carboxylic acids is 1. The predicted molar refractivity (Wildman–Crippen MR) is 89.4 cm³/mol. The molecule has 1 heterocycles. The molecule has 1 aliphatic heterocycles. The highest BCUT2D eigenvalue weighted by molar-refractivity contribution is 6.31. The molecular weight excluding hydrogens is 300 g/mol. The SMILES string of the molecule is CCc1cccc(Cl)c1CN1CCC(N(C)CC(=O)O)CC1. The molecule has 1 saturated heterocycles. The Bertz CT molecular complexity index is 513. The number of piperidine rings is 1. The molecule has 5 heteroatoms. The molecule has 2 rings (SSSR count). The number of carboxylic acids is 1. The zero-order valence-electron chi connectivity index (χ0n) is 13.4. The Morgan fingerprint density at radius 3 is 2.68 bits per heavy atom. The van der Waals surface area contributed by atoms with Crippen LogP contribution in [0, 0.1) is 0 Å². The molecule has 0 radical (unpaired) electrons. The smallest absolute Gasteiger partial charge is 0.317 e. The molecule has 0 amide bonds. The van der Waals surface area contributed by atoms with Crippen LogP contribution in [0.1, 0.15) is 30.9 Å². The molecule has 0 saturated carbocycles. The van der Waals surface area contributed by atoms with Crippen molar-refractivity contribution >= 4 is 17.6 Å². The van der Waals surface area contributed by atoms with Crippen molar-refractivity contribution in [3.63, 3.8) is 0 Å². The molecule has 0 atom stereocenters. The number of benzene rings is 1. The Kier molecular flexibility index (Phi) is 6.24. The first kappa shape index (κ1) is 17.3. The maximum atomic E-state index is 10.8. The first-order chi connectivity index (χ1) is 10.5. The van der Waals surface area contributed by atoms with Gasteiger partial charge in [-0.25, -0.2) is 0 Å². The van der Waals surface area contributed by atoms with Gasteiger partial charge in [-0.3, -0.25) is 14.6 Å². The second kappa shape index (κ2) is 7.95. The monoisotopic (exact) mass is 324 g/mol. The second-order valence-electron chi connectivity index (χ2n) is 6.05. The topological polar surface area (TPSA) is 43.8 Å². The fourth-order valence-corrected chi connectivity index (χ4v) is 3.45. The normalized spacial score (nSPS) is 17.1. The summed E-state index contributed by atoms with van der Waals surface area (Å²) >= 11 is 6.36. The van der Waals surface area contributed by atoms with E-state index in [-0.39, 0.29) is 6.54 Å². The van der Waals surface area contributed by atoms with Gasteiger partial charge < -0.3 is 5.11 Å². The Hall–Kier alpha value is -1.10. The fourth-order valence-electron chi connectivity index (χ4n) is 3.20. The van der Waals surface area contributed by atoms with Crippen LogP contribution >= 0.6 is 11.6 Å². The highest BCUT2D eigenvalue weighted by Crippen LogP contribution is 2.24. The van der Waals surface area contributed by atoms with Crippen LogP contribution in [0.4, 0.5) is 0 Å². The van der Waals surface area contributed by atoms with E-state index in [9.17, 15) is 4.79 Å². The largest absolute Gasteiger partial charge is 0.480 e. The van der Waals surface area contributed by atoms with Crippen LogP contribution in [-0.4, -0.2) is 53.6 Å². The molecule has 122 valence electrons. The number of hydrogen-bond donors (Lipinski definition) is 1. The van der Waals surface area contributed by atoms with Crippen LogP contribution in [0.3, 0.4) is 0 Å². The van der Waals surface area contributed by atoms with Gasteiger partial charge in [0.25, 0.3) is 0 Å². The molecule has 0 spiro atoms. The van der Waals surface area contributed by atoms with E-state index in [1.165, 1.54) is 11.1 Å². The van der Waals surface area contributed by atoms with Gasteiger partial charge in [-0.05, 0) is 56.6 Å². The summed E-state index contributed by atoms with van der Waals surface area (Å²) in [4.78, 5) is 15.2. The third-order valence-electron chi connectivity index (χ3n) is 4.54. The Morgan fingerprint density at radius 2 is 2.09 bits per heavy atom. The number of hydrogen-bond acceptors (Lipinski definition) is 3. The molecule has 22 heavy (non-hydrogen) atoms. The molecule has 1 aromatic carbocycles. The van der Waals surface area contributed by atoms with E-state index >= 15 is 0 Å². The molecule has 0 unspecified atom stereocenters. The van der Waals surface area contributed by atoms with E-state index in [0.717, 1.165) is 43.9 Å². The minimum absolute atomic E-state index is 0.120. The lowest BCUT2D eigenvalue weighted by atomic mass is 10.0. The van der Waals surface area contributed by atoms with Crippen molar-refractivity contribution in [1.29, 1.82) is 0 Å². The summed E-state index contributed by atoms with van der Waals surface area (Å²) in [5, 5.41) is 9.73. The summed E-state index contributed by atoms with van der Waals surface area (Å²) in [5.41, 5.74) is 2.56. The van der Waals surface area contributed by atoms with E-state index in [4.69, 9.17) is 16.7 Å². The lowest BCUT2D eigenvalue weighted by Crippen LogP contribution is -2.44. The van der Waals surface area contributed by atoms with Gasteiger partial charge in [-0.2, -0.15) is 0 Å². The Balaban J connectivity index is 1.92. The summed E-state index contributed by atoms with van der Waals surface area (Å²) < 4.78 is 0. The molecule has 1 aromatic rings. The number of halogens is 1. The van der Waals surface area contributed by atoms with Gasteiger partial charge >= 0.3 is 5.97 Å². The highest BCUT2D eigenvalue weighted by Gasteiger charge is 2.24. The molecular formula is C17H25ClN2O2. The minimum Gasteiger partial charge on any atom is -0.480 e. The number of nitrogens with zero attached hydrogens (tertiary/aromatic N) is 2. The quantitative estimate of drug-likeness (QED) is 0.874. The van der Waals surface area contributed by atoms with Crippen LogP contribution in [0.2, 0.25) is 5.02 Å². The average Bonchev–Trinajstić information content (AvgIpc) is 2.49. The number of rotatable bonds is 6. The van der Waals surface area contributed by atoms with E-state index in [0.29, 0.717) is 6.04 Å². The first-order valence-electron chi connectivity index (χ1n) is 7.92. The van der Waals surface area contributed by atoms with E-state index in [1.54, 1.807) is 0 Å². The summed E-state index contributed by atoms with van der Waals surface area (Å²) in [6.45, 7) is 5.14. The van der Waals surface area contributed by atoms with Crippen molar-refractivity contribution in [2.75, 3.05) is 26.7 Å². The van der Waals surface area contributed by atoms with Crippen molar-refractivity contribution in [2.24, 2.45) is 0 Å². The second-order valence-corrected chi connectivity index (χ2v) is 6.45. The van der Waals surface area contributed by atoms with E-state index < -0.39 is 5.97 Å². The highest BCUT2D eigenvalue weighted by atomic mass is 35.5. The standard InChI is InChI=1S/C17H25ClN2O2/c1-3-13-5-4-6-16(18)15(13)11-20-9-7-14(8-10-20)19(2)12-17(21)22/h4-6,14H,3,7-12H2,1-2H3,(H,21,22). The fraction of sp³-hybridized carbons (Fsp3) is 0.588. The number of carboxylic acid groups (broad SMARTS) is 1. The third kappa shape index (κ3) is 4.45. The van der Waals surface area contributed by atoms with E-state index in [1.807, 2.05) is 24.1 Å². The van der Waals surface area contributed by atoms with Crippen molar-refractivity contribution in [1.82, 2.24) is 9.80 Å². The zero-order valence-corrected chi connectivity index (χ0v) is 14.1. The first-order valence-corrected chi connectivity index (χ1v) is 8.29. The van der Waals surface area contributed by atoms with E-state index in [2.05, 4.69) is 17.9 Å². The predicted octanol–water partition coefficient (Wildman–Crippen LogP) is 2.88. The number of carbonyl (C=O) groups is 1. The summed E-state index contributed by atoms with van der Waals surface area (Å²) in [6.07, 6.45) is 3.01. The van der Waals surface area contributed by atoms with Gasteiger partial charge in [-0.15, -0.1) is 0 Å². The maximum Gasteiger partial charge on any atom is 0.317 e. The van der Waals surface area contributed by atoms with Crippen LogP contribution in [0.5, 0.6) is 0 Å². The van der Waals surface area contributed by atoms with Gasteiger partial charge in [0.2, 0.25) is 0 Å². The van der Waals surface area contributed by atoms with Crippen LogP contribution < -0.4 is 0 Å².